The molecule has 196 valence electrons. The summed E-state index contributed by atoms with van der Waals surface area (Å²) in [6, 6.07) is 10.9. The molecule has 0 amide bonds. The molecule has 0 aliphatic rings. The zero-order valence-corrected chi connectivity index (χ0v) is 20.6. The molecule has 1 heterocycles. The van der Waals surface area contributed by atoms with Gasteiger partial charge in [-0.3, -0.25) is 14.9 Å². The first kappa shape index (κ1) is 26.2. The molecule has 0 unspecified atom stereocenters. The number of benzene rings is 3. The van der Waals surface area contributed by atoms with E-state index in [0.717, 1.165) is 36.6 Å². The van der Waals surface area contributed by atoms with Crippen LogP contribution < -0.4 is 14.2 Å². The number of nitrogens with one attached hydrogen (secondary N) is 1. The van der Waals surface area contributed by atoms with Crippen molar-refractivity contribution in [2.24, 2.45) is 0 Å². The Labute approximate surface area is 215 Å². The number of hydrogen-bond acceptors (Lipinski definition) is 10. The number of fused-ring (bicyclic) bond motifs is 1. The average Bonchev–Trinajstić information content (AvgIpc) is 3.33. The number of phenolic OH excluding ortho intramolecular Hbond substituents is 1. The van der Waals surface area contributed by atoms with Crippen LogP contribution >= 0.6 is 0 Å². The number of carbonyl (C=O) groups excluding carboxylic acids is 1. The van der Waals surface area contributed by atoms with Crippen LogP contribution in [0.1, 0.15) is 17.3 Å². The molecule has 1 aromatic heterocycles. The van der Waals surface area contributed by atoms with Crippen LogP contribution in [0.2, 0.25) is 0 Å². The maximum atomic E-state index is 13.3. The van der Waals surface area contributed by atoms with Crippen molar-refractivity contribution < 1.29 is 41.0 Å². The fourth-order valence-corrected chi connectivity index (χ4v) is 4.83. The smallest absolute Gasteiger partial charge is 0.346 e. The standard InChI is InChI=1S/C25H19FN2O9S/c1-14(27-16-5-7-17(8-6-16)28(31)32)13-20(29)21-22(30)25(24-19(11-12-36-24)23(21)35-2)38(33,34)37-18-9-3-15(26)4-10-18/h3-13,27,30H,1-2H3/b14-13-. The summed E-state index contributed by atoms with van der Waals surface area (Å²) in [5, 5.41) is 24.8. The maximum Gasteiger partial charge on any atom is 0.346 e. The molecule has 0 fully saturated rings. The predicted octanol–water partition coefficient (Wildman–Crippen LogP) is 5.16. The lowest BCUT2D eigenvalue weighted by Gasteiger charge is -2.15. The number of carbonyl (C=O) groups is 1. The van der Waals surface area contributed by atoms with E-state index in [-0.39, 0.29) is 33.9 Å². The molecule has 4 aromatic rings. The van der Waals surface area contributed by atoms with E-state index < -0.39 is 42.9 Å². The molecule has 2 N–H and O–H groups in total. The van der Waals surface area contributed by atoms with Gasteiger partial charge in [-0.15, -0.1) is 0 Å². The first-order valence-corrected chi connectivity index (χ1v) is 12.2. The fourth-order valence-electron chi connectivity index (χ4n) is 3.66. The Morgan fingerprint density at radius 2 is 1.79 bits per heavy atom. The number of ether oxygens (including phenoxy) is 1. The Morgan fingerprint density at radius 3 is 2.39 bits per heavy atom. The highest BCUT2D eigenvalue weighted by Crippen LogP contribution is 2.44. The lowest BCUT2D eigenvalue weighted by molar-refractivity contribution is -0.384. The van der Waals surface area contributed by atoms with Crippen molar-refractivity contribution >= 4 is 38.2 Å². The summed E-state index contributed by atoms with van der Waals surface area (Å²) in [7, 11) is -3.56. The molecule has 3 aromatic carbocycles. The van der Waals surface area contributed by atoms with Gasteiger partial charge in [-0.25, -0.2) is 4.39 Å². The number of methoxy groups -OCH3 is 1. The van der Waals surface area contributed by atoms with E-state index >= 15 is 0 Å². The third-order valence-corrected chi connectivity index (χ3v) is 6.57. The van der Waals surface area contributed by atoms with Gasteiger partial charge in [0.05, 0.1) is 23.7 Å². The minimum atomic E-state index is -4.79. The highest BCUT2D eigenvalue weighted by Gasteiger charge is 2.34. The Hall–Kier alpha value is -4.91. The molecule has 11 nitrogen and oxygen atoms in total. The van der Waals surface area contributed by atoms with Crippen molar-refractivity contribution in [2.75, 3.05) is 12.4 Å². The van der Waals surface area contributed by atoms with Crippen molar-refractivity contribution in [3.8, 4) is 17.2 Å². The number of aromatic hydroxyl groups is 1. The van der Waals surface area contributed by atoms with Crippen LogP contribution in [0.5, 0.6) is 17.2 Å². The molecule has 0 radical (unpaired) electrons. The van der Waals surface area contributed by atoms with E-state index in [1.807, 2.05) is 0 Å². The van der Waals surface area contributed by atoms with E-state index in [2.05, 4.69) is 5.32 Å². The second-order valence-electron chi connectivity index (χ2n) is 7.86. The number of furan rings is 1. The number of allylic oxidation sites excluding steroid dienone is 2. The number of nitro benzene ring substituents is 1. The molecule has 4 rings (SSSR count). The average molecular weight is 542 g/mol. The molecule has 0 saturated carbocycles. The molecule has 0 saturated heterocycles. The maximum absolute atomic E-state index is 13.3. The first-order valence-electron chi connectivity index (χ1n) is 10.8. The van der Waals surface area contributed by atoms with Crippen molar-refractivity contribution in [1.29, 1.82) is 0 Å². The monoisotopic (exact) mass is 542 g/mol. The number of halogens is 1. The van der Waals surface area contributed by atoms with E-state index in [9.17, 15) is 32.8 Å². The summed E-state index contributed by atoms with van der Waals surface area (Å²) < 4.78 is 55.2. The Kier molecular flexibility index (Phi) is 7.04. The van der Waals surface area contributed by atoms with Crippen molar-refractivity contribution in [3.63, 3.8) is 0 Å². The lowest BCUT2D eigenvalue weighted by Crippen LogP contribution is -2.13. The summed E-state index contributed by atoms with van der Waals surface area (Å²) in [5.74, 6) is -2.80. The van der Waals surface area contributed by atoms with Crippen LogP contribution in [-0.4, -0.2) is 31.3 Å². The molecular formula is C25H19FN2O9S. The summed E-state index contributed by atoms with van der Waals surface area (Å²) in [4.78, 5) is 22.7. The van der Waals surface area contributed by atoms with Gasteiger partial charge < -0.3 is 23.8 Å². The lowest BCUT2D eigenvalue weighted by atomic mass is 10.0. The number of anilines is 1. The second kappa shape index (κ2) is 10.2. The number of phenols is 1. The summed E-state index contributed by atoms with van der Waals surface area (Å²) in [6.07, 6.45) is 2.23. The number of nitro groups is 1. The van der Waals surface area contributed by atoms with Gasteiger partial charge in [-0.05, 0) is 49.4 Å². The highest BCUT2D eigenvalue weighted by molar-refractivity contribution is 7.87. The van der Waals surface area contributed by atoms with Crippen LogP contribution in [0.3, 0.4) is 0 Å². The Balaban J connectivity index is 1.76. The molecule has 0 aliphatic heterocycles. The Morgan fingerprint density at radius 1 is 1.13 bits per heavy atom. The zero-order chi connectivity index (χ0) is 27.6. The van der Waals surface area contributed by atoms with Gasteiger partial charge in [0.25, 0.3) is 5.69 Å². The number of hydrogen-bond donors (Lipinski definition) is 2. The van der Waals surface area contributed by atoms with E-state index in [1.165, 1.54) is 44.4 Å². The van der Waals surface area contributed by atoms with Gasteiger partial charge >= 0.3 is 10.1 Å². The third kappa shape index (κ3) is 5.13. The molecule has 0 bridgehead atoms. The predicted molar refractivity (Wildman–Crippen MR) is 133 cm³/mol. The van der Waals surface area contributed by atoms with Crippen LogP contribution in [0.25, 0.3) is 11.0 Å². The molecule has 13 heteroatoms. The van der Waals surface area contributed by atoms with Crippen LogP contribution in [0, 0.1) is 15.9 Å². The number of nitrogens with zero attached hydrogens (tertiary/aromatic N) is 1. The molecular weight excluding hydrogens is 523 g/mol. The van der Waals surface area contributed by atoms with Crippen molar-refractivity contribution in [1.82, 2.24) is 0 Å². The van der Waals surface area contributed by atoms with E-state index in [4.69, 9.17) is 13.3 Å². The number of non-ortho nitro benzene ring substituents is 1. The molecule has 38 heavy (non-hydrogen) atoms. The second-order valence-corrected chi connectivity index (χ2v) is 9.34. The topological polar surface area (TPSA) is 158 Å². The van der Waals surface area contributed by atoms with Gasteiger partial charge in [0.15, 0.2) is 22.0 Å². The van der Waals surface area contributed by atoms with E-state index in [0.29, 0.717) is 5.69 Å². The minimum Gasteiger partial charge on any atom is -0.505 e. The zero-order valence-electron chi connectivity index (χ0n) is 19.8. The fraction of sp³-hybridized carbons (Fsp3) is 0.0800. The van der Waals surface area contributed by atoms with Crippen LogP contribution in [-0.2, 0) is 10.1 Å². The summed E-state index contributed by atoms with van der Waals surface area (Å²) in [5.41, 5.74) is -0.206. The molecule has 0 atom stereocenters. The summed E-state index contributed by atoms with van der Waals surface area (Å²) >= 11 is 0. The van der Waals surface area contributed by atoms with Crippen molar-refractivity contribution in [3.05, 3.63) is 94.1 Å². The third-order valence-electron chi connectivity index (χ3n) is 5.28. The largest absolute Gasteiger partial charge is 0.505 e. The highest BCUT2D eigenvalue weighted by atomic mass is 32.2. The van der Waals surface area contributed by atoms with E-state index in [1.54, 1.807) is 0 Å². The van der Waals surface area contributed by atoms with Gasteiger partial charge in [0.2, 0.25) is 0 Å². The van der Waals surface area contributed by atoms with Gasteiger partial charge in [0.1, 0.15) is 22.9 Å². The minimum absolute atomic E-state index is 0.0734. The summed E-state index contributed by atoms with van der Waals surface area (Å²) in [6.45, 7) is 1.52. The van der Waals surface area contributed by atoms with Crippen LogP contribution in [0.4, 0.5) is 15.8 Å². The SMILES string of the molecule is COc1c(C(=O)/C=C(/C)Nc2ccc([N+](=O)[O-])cc2)c(O)c(S(=O)(=O)Oc2ccc(F)cc2)c2occc12. The Bertz CT molecular complexity index is 1680. The van der Waals surface area contributed by atoms with Gasteiger partial charge in [0, 0.05) is 29.6 Å². The quantitative estimate of drug-likeness (QED) is 0.0951. The number of ketones is 1. The van der Waals surface area contributed by atoms with Crippen molar-refractivity contribution in [2.45, 2.75) is 11.8 Å². The van der Waals surface area contributed by atoms with Crippen LogP contribution in [0.15, 0.2) is 81.9 Å². The molecule has 0 spiro atoms. The first-order chi connectivity index (χ1) is 18.0. The van der Waals surface area contributed by atoms with Gasteiger partial charge in [-0.1, -0.05) is 0 Å². The molecule has 0 aliphatic carbocycles. The number of rotatable bonds is 9. The van der Waals surface area contributed by atoms with Gasteiger partial charge in [-0.2, -0.15) is 8.42 Å². The normalized spacial score (nSPS) is 11.8.